The molecule has 1 aliphatic carbocycles. The van der Waals surface area contributed by atoms with Gasteiger partial charge in [0.2, 0.25) is 11.8 Å². The van der Waals surface area contributed by atoms with Crippen molar-refractivity contribution in [2.45, 2.75) is 82.4 Å². The van der Waals surface area contributed by atoms with Gasteiger partial charge in [-0.2, -0.15) is 0 Å². The molecular formula is C35H44N4O4. The number of aliphatic hydroxyl groups excluding tert-OH is 1. The fraction of sp³-hybridized carbons (Fsp3) is 0.486. The molecule has 0 unspecified atom stereocenters. The average Bonchev–Trinajstić information content (AvgIpc) is 3.66. The predicted octanol–water partition coefficient (Wildman–Crippen LogP) is 4.40. The third kappa shape index (κ3) is 7.78. The van der Waals surface area contributed by atoms with Crippen molar-refractivity contribution in [2.24, 2.45) is 0 Å². The highest BCUT2D eigenvalue weighted by molar-refractivity contribution is 5.85. The number of hydrogen-bond donors (Lipinski definition) is 4. The van der Waals surface area contributed by atoms with E-state index in [-0.39, 0.29) is 23.8 Å². The van der Waals surface area contributed by atoms with Gasteiger partial charge in [0.05, 0.1) is 18.8 Å². The van der Waals surface area contributed by atoms with E-state index in [1.54, 1.807) is 0 Å². The number of fused-ring (bicyclic) bond motifs is 4. The number of benzene rings is 2. The van der Waals surface area contributed by atoms with Crippen molar-refractivity contribution in [2.75, 3.05) is 26.2 Å². The van der Waals surface area contributed by atoms with Crippen molar-refractivity contribution >= 4 is 22.7 Å². The minimum absolute atomic E-state index is 0.0882. The van der Waals surface area contributed by atoms with Gasteiger partial charge in [0.15, 0.2) is 0 Å². The molecule has 1 aliphatic heterocycles. The first kappa shape index (κ1) is 30.7. The first-order valence-electron chi connectivity index (χ1n) is 15.7. The second-order valence-electron chi connectivity index (χ2n) is 11.9. The van der Waals surface area contributed by atoms with Gasteiger partial charge in [-0.25, -0.2) is 0 Å². The van der Waals surface area contributed by atoms with Gasteiger partial charge in [-0.1, -0.05) is 25.0 Å². The van der Waals surface area contributed by atoms with Crippen molar-refractivity contribution in [3.8, 4) is 18.1 Å². The number of nitrogens with zero attached hydrogens (tertiary/aromatic N) is 1. The SMILES string of the molecule is C#Cc1cccc(C2(NC[C@@H](O)[C@@H]3Cc4cc(cc5[nH]ccc45)OCCCCN(CCC)C(=O)CCCC(=O)N3)CC2)c1. The van der Waals surface area contributed by atoms with Gasteiger partial charge in [0.1, 0.15) is 5.75 Å². The summed E-state index contributed by atoms with van der Waals surface area (Å²) < 4.78 is 6.16. The Morgan fingerprint density at radius 2 is 2.02 bits per heavy atom. The van der Waals surface area contributed by atoms with Crippen LogP contribution in [0.25, 0.3) is 10.9 Å². The first-order chi connectivity index (χ1) is 20.9. The van der Waals surface area contributed by atoms with Crippen molar-refractivity contribution in [3.63, 3.8) is 0 Å². The van der Waals surface area contributed by atoms with E-state index in [0.29, 0.717) is 45.5 Å². The van der Waals surface area contributed by atoms with Crippen LogP contribution in [0.1, 0.15) is 75.0 Å². The number of amides is 2. The molecule has 4 N–H and O–H groups in total. The number of nitrogens with one attached hydrogen (secondary N) is 3. The molecule has 2 atom stereocenters. The van der Waals surface area contributed by atoms with E-state index in [0.717, 1.165) is 65.4 Å². The molecule has 2 aromatic carbocycles. The Bertz CT molecular complexity index is 1450. The van der Waals surface area contributed by atoms with Crippen LogP contribution in [0.3, 0.4) is 0 Å². The summed E-state index contributed by atoms with van der Waals surface area (Å²) in [5.74, 6) is 3.38. The maximum atomic E-state index is 13.2. The van der Waals surface area contributed by atoms with Crippen LogP contribution in [-0.4, -0.2) is 65.2 Å². The lowest BCUT2D eigenvalue weighted by Gasteiger charge is -2.28. The zero-order valence-corrected chi connectivity index (χ0v) is 25.2. The third-order valence-corrected chi connectivity index (χ3v) is 8.69. The predicted molar refractivity (Wildman–Crippen MR) is 169 cm³/mol. The quantitative estimate of drug-likeness (QED) is 0.308. The van der Waals surface area contributed by atoms with Crippen LogP contribution >= 0.6 is 0 Å². The number of aliphatic hydroxyl groups is 1. The van der Waals surface area contributed by atoms with Gasteiger partial charge >= 0.3 is 0 Å². The summed E-state index contributed by atoms with van der Waals surface area (Å²) in [6, 6.07) is 13.5. The fourth-order valence-corrected chi connectivity index (χ4v) is 6.09. The molecule has 0 radical (unpaired) electrons. The highest BCUT2D eigenvalue weighted by atomic mass is 16.5. The summed E-state index contributed by atoms with van der Waals surface area (Å²) in [7, 11) is 0. The molecule has 2 amide bonds. The minimum Gasteiger partial charge on any atom is -0.494 e. The number of ether oxygens (including phenoxy) is 1. The minimum atomic E-state index is -0.848. The maximum absolute atomic E-state index is 13.2. The second kappa shape index (κ2) is 14.1. The largest absolute Gasteiger partial charge is 0.494 e. The van der Waals surface area contributed by atoms with E-state index in [1.807, 2.05) is 47.5 Å². The van der Waals surface area contributed by atoms with E-state index in [4.69, 9.17) is 11.2 Å². The average molecular weight is 585 g/mol. The zero-order valence-electron chi connectivity index (χ0n) is 25.2. The van der Waals surface area contributed by atoms with Crippen LogP contribution in [0.15, 0.2) is 48.7 Å². The number of carbonyl (C=O) groups is 2. The van der Waals surface area contributed by atoms with Gasteiger partial charge < -0.3 is 30.4 Å². The number of rotatable bonds is 7. The summed E-state index contributed by atoms with van der Waals surface area (Å²) in [6.07, 6.45) is 12.7. The lowest BCUT2D eigenvalue weighted by molar-refractivity contribution is -0.131. The molecule has 2 aliphatic rings. The standard InChI is InChI=1S/C35H44N4O4/c1-3-17-39-18-5-6-19-43-28-21-26(29-13-16-36-30(29)23-28)22-31(38-33(41)11-8-12-34(39)42)32(40)24-37-35(14-15-35)27-10-7-9-25(4-2)20-27/h2,7,9-10,13,16,20-21,23,31-32,36-37,40H,3,5-6,8,11-12,14-15,17-19,22,24H2,1H3,(H,38,41)/t31-,32+/m0/s1. The lowest BCUT2D eigenvalue weighted by atomic mass is 9.96. The Hall–Kier alpha value is -3.80. The Kier molecular flexibility index (Phi) is 10.1. The molecule has 0 saturated heterocycles. The number of aromatic nitrogens is 1. The van der Waals surface area contributed by atoms with Gasteiger partial charge in [-0.15, -0.1) is 6.42 Å². The van der Waals surface area contributed by atoms with E-state index >= 15 is 0 Å². The number of hydrogen-bond acceptors (Lipinski definition) is 5. The molecule has 228 valence electrons. The highest BCUT2D eigenvalue weighted by Crippen LogP contribution is 2.45. The van der Waals surface area contributed by atoms with E-state index < -0.39 is 12.1 Å². The number of carbonyl (C=O) groups excluding carboxylic acids is 2. The Labute approximate surface area is 254 Å². The molecule has 43 heavy (non-hydrogen) atoms. The van der Waals surface area contributed by atoms with E-state index in [9.17, 15) is 14.7 Å². The Balaban J connectivity index is 1.35. The number of H-pyrrole nitrogens is 1. The van der Waals surface area contributed by atoms with Gasteiger partial charge in [-0.3, -0.25) is 9.59 Å². The molecule has 2 heterocycles. The van der Waals surface area contributed by atoms with Crippen molar-refractivity contribution in [3.05, 3.63) is 65.4 Å². The second-order valence-corrected chi connectivity index (χ2v) is 11.9. The molecule has 8 heteroatoms. The molecule has 5 rings (SSSR count). The smallest absolute Gasteiger partial charge is 0.222 e. The highest BCUT2D eigenvalue weighted by Gasteiger charge is 2.44. The van der Waals surface area contributed by atoms with Crippen LogP contribution in [0, 0.1) is 12.3 Å². The van der Waals surface area contributed by atoms with Crippen LogP contribution < -0.4 is 15.4 Å². The molecule has 1 saturated carbocycles. The zero-order chi connectivity index (χ0) is 30.2. The third-order valence-electron chi connectivity index (χ3n) is 8.69. The summed E-state index contributed by atoms with van der Waals surface area (Å²) in [5, 5.41) is 19.3. The summed E-state index contributed by atoms with van der Waals surface area (Å²) in [5.41, 5.74) is 3.68. The van der Waals surface area contributed by atoms with E-state index in [2.05, 4.69) is 34.5 Å². The van der Waals surface area contributed by atoms with Crippen molar-refractivity contribution < 1.29 is 19.4 Å². The van der Waals surface area contributed by atoms with E-state index in [1.165, 1.54) is 0 Å². The molecule has 2 bridgehead atoms. The first-order valence-corrected chi connectivity index (χ1v) is 15.7. The molecule has 1 aromatic heterocycles. The monoisotopic (exact) mass is 584 g/mol. The fourth-order valence-electron chi connectivity index (χ4n) is 6.09. The van der Waals surface area contributed by atoms with Gasteiger partial charge in [0, 0.05) is 66.7 Å². The topological polar surface area (TPSA) is 107 Å². The lowest BCUT2D eigenvalue weighted by Crippen LogP contribution is -2.50. The summed E-state index contributed by atoms with van der Waals surface area (Å²) >= 11 is 0. The van der Waals surface area contributed by atoms with Crippen LogP contribution in [0.2, 0.25) is 0 Å². The molecule has 0 spiro atoms. The maximum Gasteiger partial charge on any atom is 0.222 e. The summed E-state index contributed by atoms with van der Waals surface area (Å²) in [4.78, 5) is 31.3. The van der Waals surface area contributed by atoms with Crippen LogP contribution in [0.4, 0.5) is 0 Å². The molecule has 8 nitrogen and oxygen atoms in total. The number of terminal acetylenes is 1. The molecule has 3 aromatic rings. The normalized spacial score (nSPS) is 20.5. The van der Waals surface area contributed by atoms with Crippen LogP contribution in [-0.2, 0) is 21.5 Å². The Morgan fingerprint density at radius 1 is 1.16 bits per heavy atom. The van der Waals surface area contributed by atoms with Crippen molar-refractivity contribution in [1.82, 2.24) is 20.5 Å². The number of aromatic amines is 1. The van der Waals surface area contributed by atoms with Crippen LogP contribution in [0.5, 0.6) is 5.75 Å². The molecular weight excluding hydrogens is 540 g/mol. The summed E-state index contributed by atoms with van der Waals surface area (Å²) in [6.45, 7) is 4.34. The van der Waals surface area contributed by atoms with Gasteiger partial charge in [-0.05, 0) is 80.3 Å². The van der Waals surface area contributed by atoms with Crippen molar-refractivity contribution in [1.29, 1.82) is 0 Å². The Morgan fingerprint density at radius 3 is 2.81 bits per heavy atom. The van der Waals surface area contributed by atoms with Gasteiger partial charge in [0.25, 0.3) is 0 Å². The molecule has 1 fully saturated rings.